The van der Waals surface area contributed by atoms with Gasteiger partial charge in [-0.05, 0) is 37.1 Å². The Kier molecular flexibility index (Phi) is 4.94. The molecule has 0 saturated heterocycles. The molecule has 0 radical (unpaired) electrons. The van der Waals surface area contributed by atoms with Crippen LogP contribution in [0.15, 0.2) is 70.1 Å². The van der Waals surface area contributed by atoms with Gasteiger partial charge in [0.1, 0.15) is 11.5 Å². The van der Waals surface area contributed by atoms with Gasteiger partial charge in [0.2, 0.25) is 0 Å². The second-order valence-corrected chi connectivity index (χ2v) is 5.13. The molecule has 0 spiro atoms. The number of allylic oxidation sites excluding steroid dienone is 9. The average molecular weight is 281 g/mol. The summed E-state index contributed by atoms with van der Waals surface area (Å²) in [5.41, 5.74) is 2.29. The van der Waals surface area contributed by atoms with Gasteiger partial charge in [0.05, 0.1) is 13.8 Å². The van der Waals surface area contributed by atoms with E-state index < -0.39 is 0 Å². The Morgan fingerprint density at radius 1 is 0.857 bits per heavy atom. The minimum absolute atomic E-state index is 0.921. The summed E-state index contributed by atoms with van der Waals surface area (Å²) in [5, 5.41) is 0. The van der Waals surface area contributed by atoms with Gasteiger partial charge in [-0.1, -0.05) is 30.4 Å². The molecule has 1 aromatic rings. The van der Waals surface area contributed by atoms with E-state index in [1.54, 1.807) is 0 Å². The van der Waals surface area contributed by atoms with Crippen molar-refractivity contribution in [2.75, 3.05) is 0 Å². The lowest BCUT2D eigenvalue weighted by molar-refractivity contribution is 0.304. The summed E-state index contributed by atoms with van der Waals surface area (Å²) in [4.78, 5) is 0. The van der Waals surface area contributed by atoms with Gasteiger partial charge < -0.3 is 4.74 Å². The largest absolute Gasteiger partial charge is 0.467 e. The molecule has 2 heteroatoms. The van der Waals surface area contributed by atoms with E-state index in [-0.39, 0.29) is 0 Å². The second kappa shape index (κ2) is 6.89. The van der Waals surface area contributed by atoms with Gasteiger partial charge in [-0.2, -0.15) is 0 Å². The van der Waals surface area contributed by atoms with E-state index in [1.807, 2.05) is 70.2 Å². The lowest BCUT2D eigenvalue weighted by Crippen LogP contribution is -1.93. The van der Waals surface area contributed by atoms with Crippen LogP contribution in [0.2, 0.25) is 0 Å². The van der Waals surface area contributed by atoms with Crippen molar-refractivity contribution in [1.29, 1.82) is 0 Å². The topological polar surface area (TPSA) is 20.5 Å². The van der Waals surface area contributed by atoms with Crippen LogP contribution in [-0.4, -0.2) is 0 Å². The maximum absolute atomic E-state index is 5.46. The molecular weight excluding hydrogens is 260 g/mol. The van der Waals surface area contributed by atoms with Crippen molar-refractivity contribution < 1.29 is 9.15 Å². The molecule has 0 N–H and O–H groups in total. The van der Waals surface area contributed by atoms with Crippen LogP contribution in [0.3, 0.4) is 0 Å². The molecule has 0 bridgehead atoms. The highest BCUT2D eigenvalue weighted by Crippen LogP contribution is 2.18. The van der Waals surface area contributed by atoms with E-state index in [4.69, 9.17) is 9.15 Å². The lowest BCUT2D eigenvalue weighted by atomic mass is 10.1. The number of ether oxygens (including phenoxy) is 1. The van der Waals surface area contributed by atoms with Gasteiger partial charge in [-0.15, -0.1) is 0 Å². The second-order valence-electron chi connectivity index (χ2n) is 5.13. The molecule has 0 aliphatic carbocycles. The van der Waals surface area contributed by atoms with Gasteiger partial charge in [0.25, 0.3) is 0 Å². The Hall–Kier alpha value is -2.35. The molecule has 2 nitrogen and oxygen atoms in total. The van der Waals surface area contributed by atoms with Gasteiger partial charge in [0.15, 0.2) is 0 Å². The number of aryl methyl sites for hydroxylation is 2. The summed E-state index contributed by atoms with van der Waals surface area (Å²) in [6, 6.07) is 4.04. The lowest BCUT2D eigenvalue weighted by Gasteiger charge is -2.11. The van der Waals surface area contributed by atoms with Crippen molar-refractivity contribution in [2.45, 2.75) is 27.7 Å². The maximum Gasteiger partial charge on any atom is 0.327 e. The van der Waals surface area contributed by atoms with Crippen LogP contribution < -0.4 is 0 Å². The summed E-state index contributed by atoms with van der Waals surface area (Å²) in [6.45, 7) is 7.83. The van der Waals surface area contributed by atoms with Crippen molar-refractivity contribution >= 4 is 6.08 Å². The van der Waals surface area contributed by atoms with Crippen molar-refractivity contribution in [3.8, 4) is 0 Å². The first-order chi connectivity index (χ1) is 10.0. The zero-order chi connectivity index (χ0) is 15.2. The zero-order valence-electron chi connectivity index (χ0n) is 13.0. The molecular formula is C19H21O2+. The van der Waals surface area contributed by atoms with E-state index in [0.29, 0.717) is 0 Å². The van der Waals surface area contributed by atoms with Crippen LogP contribution in [0.5, 0.6) is 0 Å². The van der Waals surface area contributed by atoms with Crippen LogP contribution in [0.4, 0.5) is 0 Å². The quantitative estimate of drug-likeness (QED) is 0.538. The molecule has 0 aromatic carbocycles. The molecule has 1 aliphatic heterocycles. The molecule has 0 unspecified atom stereocenters. The fraction of sp³-hybridized carbons (Fsp3) is 0.211. The van der Waals surface area contributed by atoms with Crippen LogP contribution in [-0.2, 0) is 4.74 Å². The van der Waals surface area contributed by atoms with Gasteiger partial charge in [-0.3, -0.25) is 0 Å². The van der Waals surface area contributed by atoms with Crippen molar-refractivity contribution in [2.24, 2.45) is 0 Å². The predicted octanol–water partition coefficient (Wildman–Crippen LogP) is 5.51. The normalized spacial score (nSPS) is 15.1. The van der Waals surface area contributed by atoms with Crippen molar-refractivity contribution in [3.05, 3.63) is 82.8 Å². The summed E-state index contributed by atoms with van der Waals surface area (Å²) >= 11 is 0. The highest BCUT2D eigenvalue weighted by atomic mass is 16.5. The van der Waals surface area contributed by atoms with E-state index in [2.05, 4.69) is 12.2 Å². The van der Waals surface area contributed by atoms with E-state index in [1.165, 1.54) is 0 Å². The Labute approximate surface area is 126 Å². The maximum atomic E-state index is 5.46. The molecule has 0 fully saturated rings. The fourth-order valence-electron chi connectivity index (χ4n) is 2.24. The Balaban J connectivity index is 2.02. The first kappa shape index (κ1) is 15.0. The third-order valence-corrected chi connectivity index (χ3v) is 2.92. The standard InChI is InChI=1S/C19H21O2/c1-14-10-18(11-15(2)20-14)8-6-5-7-9-19-12-16(3)21-17(4)13-19/h5-13H,1-4H3/q+1. The van der Waals surface area contributed by atoms with Gasteiger partial charge in [0, 0.05) is 12.1 Å². The molecule has 1 aliphatic rings. The average Bonchev–Trinajstić information content (AvgIpc) is 2.36. The molecule has 2 rings (SSSR count). The zero-order valence-corrected chi connectivity index (χ0v) is 13.0. The molecule has 108 valence electrons. The number of hydrogen-bond acceptors (Lipinski definition) is 1. The molecule has 1 aromatic heterocycles. The van der Waals surface area contributed by atoms with Gasteiger partial charge in [-0.25, -0.2) is 4.42 Å². The summed E-state index contributed by atoms with van der Waals surface area (Å²) in [5.74, 6) is 3.68. The summed E-state index contributed by atoms with van der Waals surface area (Å²) < 4.78 is 10.9. The molecule has 0 atom stereocenters. The first-order valence-electron chi connectivity index (χ1n) is 7.04. The van der Waals surface area contributed by atoms with Crippen LogP contribution in [0.1, 0.15) is 30.9 Å². The molecule has 0 saturated carbocycles. The summed E-state index contributed by atoms with van der Waals surface area (Å²) in [6.07, 6.45) is 14.2. The van der Waals surface area contributed by atoms with Gasteiger partial charge >= 0.3 is 11.5 Å². The van der Waals surface area contributed by atoms with E-state index >= 15 is 0 Å². The SMILES string of the molecule is CC1=CC(=C/C=C/C=C/c2cc(C)[o+]c(C)c2)C=C(C)O1. The van der Waals surface area contributed by atoms with Crippen molar-refractivity contribution in [1.82, 2.24) is 0 Å². The van der Waals surface area contributed by atoms with Crippen LogP contribution >= 0.6 is 0 Å². The van der Waals surface area contributed by atoms with E-state index in [0.717, 1.165) is 34.2 Å². The van der Waals surface area contributed by atoms with E-state index in [9.17, 15) is 0 Å². The smallest absolute Gasteiger partial charge is 0.327 e. The first-order valence-corrected chi connectivity index (χ1v) is 7.04. The predicted molar refractivity (Wildman–Crippen MR) is 87.4 cm³/mol. The molecule has 2 heterocycles. The minimum atomic E-state index is 0.921. The summed E-state index contributed by atoms with van der Waals surface area (Å²) in [7, 11) is 0. The highest BCUT2D eigenvalue weighted by Gasteiger charge is 2.05. The number of rotatable bonds is 3. The highest BCUT2D eigenvalue weighted by molar-refractivity contribution is 5.51. The Bertz CT molecular complexity index is 631. The fourth-order valence-corrected chi connectivity index (χ4v) is 2.24. The Morgan fingerprint density at radius 2 is 1.48 bits per heavy atom. The molecule has 21 heavy (non-hydrogen) atoms. The number of hydrogen-bond donors (Lipinski definition) is 0. The third kappa shape index (κ3) is 4.92. The minimum Gasteiger partial charge on any atom is -0.467 e. The van der Waals surface area contributed by atoms with Crippen LogP contribution in [0, 0.1) is 13.8 Å². The van der Waals surface area contributed by atoms with Crippen LogP contribution in [0.25, 0.3) is 6.08 Å². The molecule has 0 amide bonds. The Morgan fingerprint density at radius 3 is 2.10 bits per heavy atom. The monoisotopic (exact) mass is 281 g/mol. The van der Waals surface area contributed by atoms with Crippen molar-refractivity contribution in [3.63, 3.8) is 0 Å². The third-order valence-electron chi connectivity index (χ3n) is 2.92.